The van der Waals surface area contributed by atoms with Crippen LogP contribution >= 0.6 is 0 Å². The summed E-state index contributed by atoms with van der Waals surface area (Å²) in [6.07, 6.45) is 0.0756. The van der Waals surface area contributed by atoms with Gasteiger partial charge in [-0.15, -0.1) is 10.2 Å². The largest absolute Gasteiger partial charge is 0.494 e. The number of carbonyl (C=O) groups is 2. The van der Waals surface area contributed by atoms with E-state index in [1.165, 1.54) is 4.90 Å². The zero-order valence-corrected chi connectivity index (χ0v) is 17.1. The Labute approximate surface area is 170 Å². The summed E-state index contributed by atoms with van der Waals surface area (Å²) >= 11 is 0. The van der Waals surface area contributed by atoms with Crippen LogP contribution in [0.3, 0.4) is 0 Å². The van der Waals surface area contributed by atoms with Crippen molar-refractivity contribution >= 4 is 11.8 Å². The van der Waals surface area contributed by atoms with Crippen LogP contribution in [0, 0.1) is 6.92 Å². The standard InChI is InChI=1S/C20H27N5O4/c1-4-28-17-8-6-5-7-15(17)12-25-10-9-21-20(27)16(25)11-19(26)24(3)13-18-23-22-14(2)29-18/h5-8,16H,4,9-13H2,1-3H3,(H,21,27). The van der Waals surface area contributed by atoms with Gasteiger partial charge in [0.05, 0.1) is 25.6 Å². The van der Waals surface area contributed by atoms with Crippen molar-refractivity contribution in [2.75, 3.05) is 26.7 Å². The van der Waals surface area contributed by atoms with Gasteiger partial charge in [-0.2, -0.15) is 0 Å². The van der Waals surface area contributed by atoms with Crippen molar-refractivity contribution in [2.45, 2.75) is 39.4 Å². The Kier molecular flexibility index (Phi) is 6.82. The fraction of sp³-hybridized carbons (Fsp3) is 0.500. The molecule has 0 spiro atoms. The quantitative estimate of drug-likeness (QED) is 0.707. The molecule has 156 valence electrons. The van der Waals surface area contributed by atoms with E-state index in [2.05, 4.69) is 15.5 Å². The second-order valence-corrected chi connectivity index (χ2v) is 6.99. The molecule has 1 unspecified atom stereocenters. The summed E-state index contributed by atoms with van der Waals surface area (Å²) in [6.45, 7) is 6.17. The van der Waals surface area contributed by atoms with Crippen LogP contribution in [0.1, 0.15) is 30.7 Å². The number of rotatable bonds is 8. The molecule has 2 amide bonds. The lowest BCUT2D eigenvalue weighted by Crippen LogP contribution is -2.56. The average Bonchev–Trinajstić information content (AvgIpc) is 3.10. The highest BCUT2D eigenvalue weighted by atomic mass is 16.5. The molecular formula is C20H27N5O4. The van der Waals surface area contributed by atoms with Crippen molar-refractivity contribution in [3.8, 4) is 5.75 Å². The molecule has 2 aromatic rings. The Morgan fingerprint density at radius 1 is 1.38 bits per heavy atom. The molecule has 1 atom stereocenters. The molecule has 3 rings (SSSR count). The van der Waals surface area contributed by atoms with E-state index in [0.717, 1.165) is 11.3 Å². The average molecular weight is 401 g/mol. The molecule has 0 radical (unpaired) electrons. The van der Waals surface area contributed by atoms with Gasteiger partial charge in [0.15, 0.2) is 0 Å². The Balaban J connectivity index is 1.68. The summed E-state index contributed by atoms with van der Waals surface area (Å²) < 4.78 is 11.0. The molecule has 1 aliphatic heterocycles. The summed E-state index contributed by atoms with van der Waals surface area (Å²) in [4.78, 5) is 28.8. The van der Waals surface area contributed by atoms with E-state index in [9.17, 15) is 9.59 Å². The molecule has 1 fully saturated rings. The van der Waals surface area contributed by atoms with Gasteiger partial charge in [-0.05, 0) is 13.0 Å². The molecule has 9 heteroatoms. The van der Waals surface area contributed by atoms with Crippen LogP contribution in [0.25, 0.3) is 0 Å². The number of ether oxygens (including phenoxy) is 1. The smallest absolute Gasteiger partial charge is 0.237 e. The van der Waals surface area contributed by atoms with Gasteiger partial charge in [0.1, 0.15) is 5.75 Å². The number of hydrogen-bond donors (Lipinski definition) is 1. The summed E-state index contributed by atoms with van der Waals surface area (Å²) in [5.41, 5.74) is 0.996. The van der Waals surface area contributed by atoms with Gasteiger partial charge in [-0.1, -0.05) is 18.2 Å². The molecule has 9 nitrogen and oxygen atoms in total. The maximum absolute atomic E-state index is 12.7. The fourth-order valence-electron chi connectivity index (χ4n) is 3.34. The molecule has 0 bridgehead atoms. The van der Waals surface area contributed by atoms with Crippen LogP contribution in [-0.2, 0) is 22.7 Å². The number of aryl methyl sites for hydroxylation is 1. The fourth-order valence-corrected chi connectivity index (χ4v) is 3.34. The second kappa shape index (κ2) is 9.51. The number of benzene rings is 1. The zero-order valence-electron chi connectivity index (χ0n) is 17.1. The lowest BCUT2D eigenvalue weighted by molar-refractivity contribution is -0.138. The topological polar surface area (TPSA) is 101 Å². The third kappa shape index (κ3) is 5.32. The first-order valence-electron chi connectivity index (χ1n) is 9.73. The van der Waals surface area contributed by atoms with Gasteiger partial charge < -0.3 is 19.4 Å². The van der Waals surface area contributed by atoms with Crippen LogP contribution in [0.4, 0.5) is 0 Å². The molecule has 0 saturated carbocycles. The lowest BCUT2D eigenvalue weighted by atomic mass is 10.1. The van der Waals surface area contributed by atoms with Crippen molar-refractivity contribution < 1.29 is 18.7 Å². The summed E-state index contributed by atoms with van der Waals surface area (Å²) in [6, 6.07) is 7.23. The van der Waals surface area contributed by atoms with Gasteiger partial charge in [0.2, 0.25) is 23.6 Å². The molecule has 1 aliphatic rings. The predicted molar refractivity (Wildman–Crippen MR) is 105 cm³/mol. The van der Waals surface area contributed by atoms with Crippen LogP contribution in [0.2, 0.25) is 0 Å². The van der Waals surface area contributed by atoms with Crippen LogP contribution < -0.4 is 10.1 Å². The van der Waals surface area contributed by atoms with E-state index >= 15 is 0 Å². The molecule has 1 aromatic carbocycles. The van der Waals surface area contributed by atoms with Crippen molar-refractivity contribution in [3.63, 3.8) is 0 Å². The highest BCUT2D eigenvalue weighted by molar-refractivity contribution is 5.88. The van der Waals surface area contributed by atoms with E-state index in [4.69, 9.17) is 9.15 Å². The number of nitrogens with one attached hydrogen (secondary N) is 1. The van der Waals surface area contributed by atoms with Crippen LogP contribution in [-0.4, -0.2) is 64.6 Å². The SMILES string of the molecule is CCOc1ccccc1CN1CCNC(=O)C1CC(=O)N(C)Cc1nnc(C)o1. The Hall–Kier alpha value is -2.94. The number of aromatic nitrogens is 2. The third-order valence-corrected chi connectivity index (χ3v) is 4.82. The highest BCUT2D eigenvalue weighted by Crippen LogP contribution is 2.22. The number of nitrogens with zero attached hydrogens (tertiary/aromatic N) is 4. The summed E-state index contributed by atoms with van der Waals surface area (Å²) in [5.74, 6) is 1.32. The molecule has 29 heavy (non-hydrogen) atoms. The van der Waals surface area contributed by atoms with E-state index in [-0.39, 0.29) is 24.8 Å². The molecular weight excluding hydrogens is 374 g/mol. The van der Waals surface area contributed by atoms with Crippen molar-refractivity contribution in [2.24, 2.45) is 0 Å². The van der Waals surface area contributed by atoms with Gasteiger partial charge >= 0.3 is 0 Å². The lowest BCUT2D eigenvalue weighted by Gasteiger charge is -2.35. The van der Waals surface area contributed by atoms with E-state index in [0.29, 0.717) is 38.0 Å². The molecule has 2 heterocycles. The second-order valence-electron chi connectivity index (χ2n) is 6.99. The van der Waals surface area contributed by atoms with E-state index in [1.807, 2.05) is 36.1 Å². The Morgan fingerprint density at radius 3 is 2.90 bits per heavy atom. The Morgan fingerprint density at radius 2 is 2.17 bits per heavy atom. The highest BCUT2D eigenvalue weighted by Gasteiger charge is 2.33. The number of carbonyl (C=O) groups excluding carboxylic acids is 2. The molecule has 1 saturated heterocycles. The maximum atomic E-state index is 12.7. The van der Waals surface area contributed by atoms with Crippen LogP contribution in [0.5, 0.6) is 5.75 Å². The Bertz CT molecular complexity index is 853. The number of para-hydroxylation sites is 1. The monoisotopic (exact) mass is 401 g/mol. The van der Waals surface area contributed by atoms with Crippen molar-refractivity contribution in [1.29, 1.82) is 0 Å². The van der Waals surface area contributed by atoms with Crippen LogP contribution in [0.15, 0.2) is 28.7 Å². The van der Waals surface area contributed by atoms with Gasteiger partial charge in [-0.3, -0.25) is 14.5 Å². The minimum atomic E-state index is -0.544. The molecule has 1 N–H and O–H groups in total. The maximum Gasteiger partial charge on any atom is 0.237 e. The van der Waals surface area contributed by atoms with Gasteiger partial charge in [0.25, 0.3) is 0 Å². The number of hydrogen-bond acceptors (Lipinski definition) is 7. The number of piperazine rings is 1. The first-order chi connectivity index (χ1) is 14.0. The normalized spacial score (nSPS) is 17.1. The van der Waals surface area contributed by atoms with Crippen molar-refractivity contribution in [1.82, 2.24) is 25.3 Å². The summed E-state index contributed by atoms with van der Waals surface area (Å²) in [5, 5.41) is 10.5. The molecule has 1 aromatic heterocycles. The first kappa shape index (κ1) is 20.8. The van der Waals surface area contributed by atoms with Gasteiger partial charge in [0, 0.05) is 39.2 Å². The third-order valence-electron chi connectivity index (χ3n) is 4.82. The van der Waals surface area contributed by atoms with E-state index in [1.54, 1.807) is 14.0 Å². The zero-order chi connectivity index (χ0) is 20.8. The van der Waals surface area contributed by atoms with Gasteiger partial charge in [-0.25, -0.2) is 0 Å². The van der Waals surface area contributed by atoms with E-state index < -0.39 is 6.04 Å². The predicted octanol–water partition coefficient (Wildman–Crippen LogP) is 1.13. The number of amides is 2. The molecule has 0 aliphatic carbocycles. The summed E-state index contributed by atoms with van der Waals surface area (Å²) in [7, 11) is 1.66. The van der Waals surface area contributed by atoms with Crippen molar-refractivity contribution in [3.05, 3.63) is 41.6 Å². The first-order valence-corrected chi connectivity index (χ1v) is 9.73. The minimum absolute atomic E-state index is 0.0756. The minimum Gasteiger partial charge on any atom is -0.494 e.